The second-order valence-corrected chi connectivity index (χ2v) is 10.00. The van der Waals surface area contributed by atoms with Crippen molar-refractivity contribution < 1.29 is 0 Å². The minimum atomic E-state index is 0.147. The number of aromatic nitrogens is 1. The number of nitrogens with two attached hydrogens (primary N) is 3. The number of nitrogens with one attached hydrogen (secondary N) is 1. The third-order valence-electron chi connectivity index (χ3n) is 8.11. The van der Waals surface area contributed by atoms with E-state index in [4.69, 9.17) is 17.2 Å². The van der Waals surface area contributed by atoms with E-state index in [0.29, 0.717) is 28.3 Å². The standard InChI is InChI=1S/C26H39N5/c1-2-3-10-25-11-14-26(15-12-25,16-13-25)30-17-9-20(19-7-5-4-6-8-19)21-18-22(27)31-24(29)23(21)28/h4-8,18,20,30H,2-3,9-17,28H2,1H3,(H4,27,29,31). The van der Waals surface area contributed by atoms with Crippen LogP contribution in [-0.4, -0.2) is 17.1 Å². The summed E-state index contributed by atoms with van der Waals surface area (Å²) in [5.41, 5.74) is 22.2. The first-order valence-electron chi connectivity index (χ1n) is 12.1. The third kappa shape index (κ3) is 4.67. The molecule has 0 radical (unpaired) electrons. The first-order valence-corrected chi connectivity index (χ1v) is 12.1. The molecule has 1 atom stereocenters. The van der Waals surface area contributed by atoms with Gasteiger partial charge in [0.05, 0.1) is 5.69 Å². The van der Waals surface area contributed by atoms with Crippen molar-refractivity contribution in [2.45, 2.75) is 82.6 Å². The minimum Gasteiger partial charge on any atom is -0.396 e. The van der Waals surface area contributed by atoms with Crippen molar-refractivity contribution in [3.63, 3.8) is 0 Å². The van der Waals surface area contributed by atoms with Crippen LogP contribution in [0.4, 0.5) is 17.3 Å². The lowest BCUT2D eigenvalue weighted by Gasteiger charge is -2.54. The zero-order valence-corrected chi connectivity index (χ0v) is 19.0. The van der Waals surface area contributed by atoms with Gasteiger partial charge in [-0.2, -0.15) is 0 Å². The Labute approximate surface area is 187 Å². The van der Waals surface area contributed by atoms with Crippen LogP contribution in [0, 0.1) is 5.41 Å². The van der Waals surface area contributed by atoms with E-state index in [1.165, 1.54) is 63.4 Å². The number of anilines is 3. The summed E-state index contributed by atoms with van der Waals surface area (Å²) < 4.78 is 0. The summed E-state index contributed by atoms with van der Waals surface area (Å²) in [7, 11) is 0. The first-order chi connectivity index (χ1) is 15.0. The highest BCUT2D eigenvalue weighted by Gasteiger charge is 2.47. The van der Waals surface area contributed by atoms with Crippen molar-refractivity contribution in [2.75, 3.05) is 23.7 Å². The average molecular weight is 422 g/mol. The van der Waals surface area contributed by atoms with Crippen LogP contribution >= 0.6 is 0 Å². The highest BCUT2D eigenvalue weighted by atomic mass is 15.0. The minimum absolute atomic E-state index is 0.147. The zero-order chi connectivity index (χ0) is 21.9. The van der Waals surface area contributed by atoms with Crippen molar-refractivity contribution in [1.82, 2.24) is 10.3 Å². The number of unbranched alkanes of at least 4 members (excludes halogenated alkanes) is 1. The van der Waals surface area contributed by atoms with Crippen LogP contribution in [0.5, 0.6) is 0 Å². The molecule has 5 heteroatoms. The molecular formula is C26H39N5. The van der Waals surface area contributed by atoms with Crippen molar-refractivity contribution >= 4 is 17.3 Å². The maximum Gasteiger partial charge on any atom is 0.149 e. The summed E-state index contributed by atoms with van der Waals surface area (Å²) in [6.45, 7) is 3.27. The SMILES string of the molecule is CCCCC12CCC(NCCC(c3ccccc3)c3cc(N)nc(N)c3N)(CC1)CC2. The van der Waals surface area contributed by atoms with E-state index in [0.717, 1.165) is 18.5 Å². The highest BCUT2D eigenvalue weighted by Crippen LogP contribution is 2.54. The van der Waals surface area contributed by atoms with Crippen molar-refractivity contribution in [1.29, 1.82) is 0 Å². The lowest BCUT2D eigenvalue weighted by atomic mass is 9.56. The number of rotatable bonds is 9. The second-order valence-electron chi connectivity index (χ2n) is 10.00. The van der Waals surface area contributed by atoms with Crippen molar-refractivity contribution in [3.05, 3.63) is 47.5 Å². The largest absolute Gasteiger partial charge is 0.396 e. The van der Waals surface area contributed by atoms with Gasteiger partial charge in [-0.05, 0) is 80.5 Å². The van der Waals surface area contributed by atoms with Gasteiger partial charge in [0.2, 0.25) is 0 Å². The number of nitrogens with zero attached hydrogens (tertiary/aromatic N) is 1. The van der Waals surface area contributed by atoms with Gasteiger partial charge < -0.3 is 22.5 Å². The van der Waals surface area contributed by atoms with E-state index in [-0.39, 0.29) is 5.92 Å². The highest BCUT2D eigenvalue weighted by molar-refractivity contribution is 5.68. The smallest absolute Gasteiger partial charge is 0.149 e. The van der Waals surface area contributed by atoms with Gasteiger partial charge in [-0.3, -0.25) is 0 Å². The Bertz CT molecular complexity index is 854. The number of fused-ring (bicyclic) bond motifs is 3. The number of nitrogen functional groups attached to an aromatic ring is 3. The van der Waals surface area contributed by atoms with Gasteiger partial charge in [0.15, 0.2) is 0 Å². The summed E-state index contributed by atoms with van der Waals surface area (Å²) in [5.74, 6) is 0.899. The molecule has 1 unspecified atom stereocenters. The fraction of sp³-hybridized carbons (Fsp3) is 0.577. The predicted octanol–water partition coefficient (Wildman–Crippen LogP) is 5.22. The van der Waals surface area contributed by atoms with Crippen LogP contribution in [0.2, 0.25) is 0 Å². The molecule has 5 rings (SSSR count). The summed E-state index contributed by atoms with van der Waals surface area (Å²) in [6.07, 6.45) is 13.3. The fourth-order valence-corrected chi connectivity index (χ4v) is 6.03. The Balaban J connectivity index is 1.45. The topological polar surface area (TPSA) is 103 Å². The van der Waals surface area contributed by atoms with Gasteiger partial charge in [-0.25, -0.2) is 4.98 Å². The molecule has 3 aliphatic carbocycles. The van der Waals surface area contributed by atoms with E-state index in [1.807, 2.05) is 12.1 Å². The molecule has 31 heavy (non-hydrogen) atoms. The summed E-state index contributed by atoms with van der Waals surface area (Å²) in [4.78, 5) is 4.14. The summed E-state index contributed by atoms with van der Waals surface area (Å²) >= 11 is 0. The Morgan fingerprint density at radius 1 is 1.00 bits per heavy atom. The molecule has 3 fully saturated rings. The van der Waals surface area contributed by atoms with Crippen molar-refractivity contribution in [2.24, 2.45) is 5.41 Å². The molecule has 168 valence electrons. The van der Waals surface area contributed by atoms with E-state index in [9.17, 15) is 0 Å². The van der Waals surface area contributed by atoms with Crippen LogP contribution in [0.3, 0.4) is 0 Å². The second kappa shape index (κ2) is 9.07. The molecule has 0 spiro atoms. The zero-order valence-electron chi connectivity index (χ0n) is 19.0. The van der Waals surface area contributed by atoms with Gasteiger partial charge in [0, 0.05) is 11.5 Å². The van der Waals surface area contributed by atoms with E-state index < -0.39 is 0 Å². The molecule has 3 aliphatic rings. The van der Waals surface area contributed by atoms with Crippen LogP contribution < -0.4 is 22.5 Å². The van der Waals surface area contributed by atoms with Gasteiger partial charge in [0.1, 0.15) is 11.6 Å². The van der Waals surface area contributed by atoms with Crippen LogP contribution in [0.1, 0.15) is 88.2 Å². The predicted molar refractivity (Wildman–Crippen MR) is 131 cm³/mol. The average Bonchev–Trinajstić information content (AvgIpc) is 2.80. The van der Waals surface area contributed by atoms with E-state index in [1.54, 1.807) is 0 Å². The maximum atomic E-state index is 6.35. The normalized spacial score (nSPS) is 26.1. The number of hydrogen-bond acceptors (Lipinski definition) is 5. The summed E-state index contributed by atoms with van der Waals surface area (Å²) in [6, 6.07) is 12.4. The number of pyridine rings is 1. The Morgan fingerprint density at radius 3 is 2.32 bits per heavy atom. The Hall–Kier alpha value is -2.27. The van der Waals surface area contributed by atoms with Gasteiger partial charge in [0.25, 0.3) is 0 Å². The molecule has 2 bridgehead atoms. The lowest BCUT2D eigenvalue weighted by Crippen LogP contribution is -2.55. The molecular weight excluding hydrogens is 382 g/mol. The van der Waals surface area contributed by atoms with Gasteiger partial charge in [-0.15, -0.1) is 0 Å². The molecule has 5 nitrogen and oxygen atoms in total. The molecule has 7 N–H and O–H groups in total. The molecule has 1 heterocycles. The van der Waals surface area contributed by atoms with Gasteiger partial charge in [-0.1, -0.05) is 50.1 Å². The van der Waals surface area contributed by atoms with Crippen LogP contribution in [-0.2, 0) is 0 Å². The third-order valence-corrected chi connectivity index (χ3v) is 8.11. The first kappa shape index (κ1) is 21.9. The molecule has 1 aromatic heterocycles. The van der Waals surface area contributed by atoms with Crippen LogP contribution in [0.25, 0.3) is 0 Å². The lowest BCUT2D eigenvalue weighted by molar-refractivity contribution is 0.0155. The quantitative estimate of drug-likeness (QED) is 0.444. The molecule has 0 aliphatic heterocycles. The number of benzene rings is 1. The molecule has 0 amide bonds. The maximum absolute atomic E-state index is 6.35. The van der Waals surface area contributed by atoms with Crippen molar-refractivity contribution in [3.8, 4) is 0 Å². The number of hydrogen-bond donors (Lipinski definition) is 4. The fourth-order valence-electron chi connectivity index (χ4n) is 6.03. The molecule has 3 saturated carbocycles. The van der Waals surface area contributed by atoms with E-state index >= 15 is 0 Å². The summed E-state index contributed by atoms with van der Waals surface area (Å²) in [5, 5.41) is 4.00. The van der Waals surface area contributed by atoms with Gasteiger partial charge >= 0.3 is 0 Å². The molecule has 2 aromatic rings. The van der Waals surface area contributed by atoms with Crippen LogP contribution in [0.15, 0.2) is 36.4 Å². The Kier molecular flexibility index (Phi) is 6.42. The molecule has 1 aromatic carbocycles. The van der Waals surface area contributed by atoms with E-state index in [2.05, 4.69) is 41.5 Å². The molecule has 0 saturated heterocycles. The monoisotopic (exact) mass is 421 g/mol. The Morgan fingerprint density at radius 2 is 1.68 bits per heavy atom.